The summed E-state index contributed by atoms with van der Waals surface area (Å²) in [5.74, 6) is -0.654. The molecule has 2 N–H and O–H groups in total. The van der Waals surface area contributed by atoms with Crippen molar-refractivity contribution in [3.05, 3.63) is 83.8 Å². The number of carbonyl (C=O) groups excluding carboxylic acids is 2. The van der Waals surface area contributed by atoms with Gasteiger partial charge in [0.25, 0.3) is 5.91 Å². The molecule has 1 amide bonds. The van der Waals surface area contributed by atoms with E-state index in [4.69, 9.17) is 0 Å². The number of halogens is 1. The smallest absolute Gasteiger partial charge is 0.337 e. The van der Waals surface area contributed by atoms with E-state index in [1.54, 1.807) is 48.5 Å². The van der Waals surface area contributed by atoms with Gasteiger partial charge in [0.15, 0.2) is 0 Å². The predicted molar refractivity (Wildman–Crippen MR) is 99.7 cm³/mol. The van der Waals surface area contributed by atoms with Gasteiger partial charge < -0.3 is 15.4 Å². The van der Waals surface area contributed by atoms with Gasteiger partial charge in [-0.1, -0.05) is 0 Å². The summed E-state index contributed by atoms with van der Waals surface area (Å²) in [6, 6.07) is 15.3. The standard InChI is InChI=1S/C20H16FN3O3/c1-27-20(26)13-2-6-17(7-3-13)24-19(25)14-10-11-22-18(12-14)23-16-8-4-15(21)5-9-16/h2-12H,1H3,(H,22,23)(H,24,25). The number of nitrogens with zero attached hydrogens (tertiary/aromatic N) is 1. The maximum atomic E-state index is 13.0. The monoisotopic (exact) mass is 365 g/mol. The van der Waals surface area contributed by atoms with Crippen LogP contribution >= 0.6 is 0 Å². The Morgan fingerprint density at radius 3 is 2.26 bits per heavy atom. The van der Waals surface area contributed by atoms with Crippen LogP contribution in [-0.2, 0) is 4.74 Å². The maximum Gasteiger partial charge on any atom is 0.337 e. The minimum atomic E-state index is -0.446. The van der Waals surface area contributed by atoms with Crippen molar-refractivity contribution in [1.82, 2.24) is 4.98 Å². The molecule has 7 heteroatoms. The van der Waals surface area contributed by atoms with Crippen molar-refractivity contribution in [3.63, 3.8) is 0 Å². The summed E-state index contributed by atoms with van der Waals surface area (Å²) < 4.78 is 17.6. The van der Waals surface area contributed by atoms with E-state index >= 15 is 0 Å². The van der Waals surface area contributed by atoms with Gasteiger partial charge in [-0.2, -0.15) is 0 Å². The molecule has 2 aromatic carbocycles. The Labute approximate surface area is 155 Å². The van der Waals surface area contributed by atoms with Crippen LogP contribution in [0.1, 0.15) is 20.7 Å². The molecular formula is C20H16FN3O3. The zero-order chi connectivity index (χ0) is 19.2. The van der Waals surface area contributed by atoms with E-state index in [0.717, 1.165) is 0 Å². The predicted octanol–water partition coefficient (Wildman–Crippen LogP) is 4.00. The van der Waals surface area contributed by atoms with Crippen LogP contribution in [0.15, 0.2) is 66.9 Å². The number of rotatable bonds is 5. The molecule has 0 fully saturated rings. The third-order valence-electron chi connectivity index (χ3n) is 3.70. The van der Waals surface area contributed by atoms with Crippen LogP contribution in [0.5, 0.6) is 0 Å². The second-order valence-electron chi connectivity index (χ2n) is 5.58. The van der Waals surface area contributed by atoms with Gasteiger partial charge in [0.05, 0.1) is 12.7 Å². The zero-order valence-corrected chi connectivity index (χ0v) is 14.4. The lowest BCUT2D eigenvalue weighted by Crippen LogP contribution is -2.12. The first-order valence-electron chi connectivity index (χ1n) is 8.03. The highest BCUT2D eigenvalue weighted by atomic mass is 19.1. The average molecular weight is 365 g/mol. The fourth-order valence-corrected chi connectivity index (χ4v) is 2.33. The highest BCUT2D eigenvalue weighted by molar-refractivity contribution is 6.04. The first-order valence-corrected chi connectivity index (χ1v) is 8.03. The van der Waals surface area contributed by atoms with Crippen molar-refractivity contribution in [2.75, 3.05) is 17.7 Å². The topological polar surface area (TPSA) is 80.3 Å². The maximum absolute atomic E-state index is 13.0. The molecule has 0 bridgehead atoms. The molecule has 3 aromatic rings. The van der Waals surface area contributed by atoms with Gasteiger partial charge in [-0.15, -0.1) is 0 Å². The van der Waals surface area contributed by atoms with Crippen LogP contribution in [0.2, 0.25) is 0 Å². The van der Waals surface area contributed by atoms with E-state index in [2.05, 4.69) is 20.4 Å². The largest absolute Gasteiger partial charge is 0.465 e. The van der Waals surface area contributed by atoms with Crippen molar-refractivity contribution in [1.29, 1.82) is 0 Å². The number of esters is 1. The van der Waals surface area contributed by atoms with E-state index < -0.39 is 5.97 Å². The number of methoxy groups -OCH3 is 1. The SMILES string of the molecule is COC(=O)c1ccc(NC(=O)c2ccnc(Nc3ccc(F)cc3)c2)cc1. The Bertz CT molecular complexity index is 957. The zero-order valence-electron chi connectivity index (χ0n) is 14.4. The fourth-order valence-electron chi connectivity index (χ4n) is 2.33. The van der Waals surface area contributed by atoms with E-state index in [1.165, 1.54) is 25.4 Å². The lowest BCUT2D eigenvalue weighted by molar-refractivity contribution is 0.0600. The van der Waals surface area contributed by atoms with Crippen LogP contribution in [0.4, 0.5) is 21.6 Å². The van der Waals surface area contributed by atoms with E-state index in [1.807, 2.05) is 0 Å². The van der Waals surface area contributed by atoms with E-state index in [0.29, 0.717) is 28.3 Å². The van der Waals surface area contributed by atoms with Gasteiger partial charge in [-0.25, -0.2) is 14.2 Å². The number of hydrogen-bond donors (Lipinski definition) is 2. The Morgan fingerprint density at radius 1 is 0.926 bits per heavy atom. The number of aromatic nitrogens is 1. The Morgan fingerprint density at radius 2 is 1.59 bits per heavy atom. The van der Waals surface area contributed by atoms with E-state index in [9.17, 15) is 14.0 Å². The van der Waals surface area contributed by atoms with Gasteiger partial charge in [-0.05, 0) is 60.7 Å². The molecule has 0 radical (unpaired) electrons. The van der Waals surface area contributed by atoms with Crippen molar-refractivity contribution >= 4 is 29.1 Å². The van der Waals surface area contributed by atoms with Crippen LogP contribution in [0, 0.1) is 5.82 Å². The van der Waals surface area contributed by atoms with Gasteiger partial charge in [-0.3, -0.25) is 4.79 Å². The number of benzene rings is 2. The van der Waals surface area contributed by atoms with Crippen molar-refractivity contribution in [2.24, 2.45) is 0 Å². The van der Waals surface area contributed by atoms with Crippen molar-refractivity contribution in [2.45, 2.75) is 0 Å². The minimum absolute atomic E-state index is 0.328. The van der Waals surface area contributed by atoms with Gasteiger partial charge in [0.1, 0.15) is 11.6 Å². The number of anilines is 3. The van der Waals surface area contributed by atoms with Crippen LogP contribution in [0.25, 0.3) is 0 Å². The minimum Gasteiger partial charge on any atom is -0.465 e. The molecule has 0 aliphatic carbocycles. The summed E-state index contributed by atoms with van der Waals surface area (Å²) in [6.45, 7) is 0. The Balaban J connectivity index is 1.69. The number of hydrogen-bond acceptors (Lipinski definition) is 5. The highest BCUT2D eigenvalue weighted by Crippen LogP contribution is 2.17. The third kappa shape index (κ3) is 4.66. The quantitative estimate of drug-likeness (QED) is 0.668. The van der Waals surface area contributed by atoms with Crippen molar-refractivity contribution in [3.8, 4) is 0 Å². The van der Waals surface area contributed by atoms with Crippen LogP contribution in [0.3, 0.4) is 0 Å². The van der Waals surface area contributed by atoms with Crippen LogP contribution < -0.4 is 10.6 Å². The first kappa shape index (κ1) is 18.1. The molecule has 0 aliphatic rings. The van der Waals surface area contributed by atoms with Gasteiger partial charge in [0, 0.05) is 23.1 Å². The summed E-state index contributed by atoms with van der Waals surface area (Å²) in [7, 11) is 1.30. The molecule has 0 aliphatic heterocycles. The number of ether oxygens (including phenoxy) is 1. The third-order valence-corrected chi connectivity index (χ3v) is 3.70. The lowest BCUT2D eigenvalue weighted by Gasteiger charge is -2.09. The number of amides is 1. The second-order valence-corrected chi connectivity index (χ2v) is 5.58. The molecule has 0 saturated carbocycles. The fraction of sp³-hybridized carbons (Fsp3) is 0.0500. The summed E-state index contributed by atoms with van der Waals surface area (Å²) >= 11 is 0. The number of nitrogens with one attached hydrogen (secondary N) is 2. The molecule has 27 heavy (non-hydrogen) atoms. The molecule has 3 rings (SSSR count). The lowest BCUT2D eigenvalue weighted by atomic mass is 10.2. The summed E-state index contributed by atoms with van der Waals surface area (Å²) in [5, 5.41) is 5.75. The van der Waals surface area contributed by atoms with Crippen LogP contribution in [-0.4, -0.2) is 24.0 Å². The molecule has 0 unspecified atom stereocenters. The van der Waals surface area contributed by atoms with Gasteiger partial charge in [0.2, 0.25) is 0 Å². The van der Waals surface area contributed by atoms with Gasteiger partial charge >= 0.3 is 5.97 Å². The summed E-state index contributed by atoms with van der Waals surface area (Å²) in [5.41, 5.74) is 1.98. The number of carbonyl (C=O) groups is 2. The molecule has 1 heterocycles. The molecule has 1 aromatic heterocycles. The summed E-state index contributed by atoms with van der Waals surface area (Å²) in [4.78, 5) is 28.0. The Hall–Kier alpha value is -3.74. The summed E-state index contributed by atoms with van der Waals surface area (Å²) in [6.07, 6.45) is 1.50. The molecular weight excluding hydrogens is 349 g/mol. The Kier molecular flexibility index (Phi) is 5.41. The second kappa shape index (κ2) is 8.09. The molecule has 136 valence electrons. The normalized spacial score (nSPS) is 10.1. The van der Waals surface area contributed by atoms with Crippen molar-refractivity contribution < 1.29 is 18.7 Å². The first-order chi connectivity index (χ1) is 13.0. The number of pyridine rings is 1. The molecule has 0 atom stereocenters. The average Bonchev–Trinajstić information content (AvgIpc) is 2.70. The molecule has 0 saturated heterocycles. The molecule has 6 nitrogen and oxygen atoms in total. The van der Waals surface area contributed by atoms with E-state index in [-0.39, 0.29) is 11.7 Å². The highest BCUT2D eigenvalue weighted by Gasteiger charge is 2.09. The molecule has 0 spiro atoms.